The summed E-state index contributed by atoms with van der Waals surface area (Å²) in [6.07, 6.45) is -7.59. The number of carbonyl (C=O) groups excluding carboxylic acids is 1. The first-order valence-corrected chi connectivity index (χ1v) is 5.21. The van der Waals surface area contributed by atoms with Crippen molar-refractivity contribution in [3.05, 3.63) is 17.5 Å². The van der Waals surface area contributed by atoms with Crippen molar-refractivity contribution in [1.82, 2.24) is 10.5 Å². The predicted molar refractivity (Wildman–Crippen MR) is 56.0 cm³/mol. The van der Waals surface area contributed by atoms with Crippen LogP contribution in [-0.2, 0) is 6.61 Å². The average Bonchev–Trinajstić information content (AvgIpc) is 2.74. The Morgan fingerprint density at radius 1 is 1.53 bits per heavy atom. The van der Waals surface area contributed by atoms with Crippen LogP contribution >= 0.6 is 0 Å². The first kappa shape index (κ1) is 15.4. The van der Waals surface area contributed by atoms with Gasteiger partial charge in [0.15, 0.2) is 17.6 Å². The fourth-order valence-corrected chi connectivity index (χ4v) is 1.33. The smallest absolute Gasteiger partial charge is 0.388 e. The van der Waals surface area contributed by atoms with Gasteiger partial charge in [-0.1, -0.05) is 5.16 Å². The third-order valence-electron chi connectivity index (χ3n) is 2.38. The molecule has 9 heteroatoms. The molecule has 1 heterocycles. The van der Waals surface area contributed by atoms with Crippen LogP contribution in [-0.4, -0.2) is 39.1 Å². The van der Waals surface area contributed by atoms with Gasteiger partial charge in [-0.2, -0.15) is 13.2 Å². The quantitative estimate of drug-likeness (QED) is 0.751. The fourth-order valence-electron chi connectivity index (χ4n) is 1.33. The van der Waals surface area contributed by atoms with Crippen molar-refractivity contribution in [1.29, 1.82) is 0 Å². The molecule has 1 aromatic rings. The molecule has 1 atom stereocenters. The van der Waals surface area contributed by atoms with Crippen molar-refractivity contribution in [2.24, 2.45) is 0 Å². The standard InChI is InChI=1S/C10H13F3N2O4/c1-9(2,8(18)10(11,12)13)14-7(17)6-3-5(4-16)19-15-6/h3,8,16,18H,4H2,1-2H3,(H,14,17). The average molecular weight is 282 g/mol. The van der Waals surface area contributed by atoms with Gasteiger partial charge in [0.25, 0.3) is 5.91 Å². The molecule has 6 nitrogen and oxygen atoms in total. The minimum absolute atomic E-state index is 0.000624. The number of aromatic nitrogens is 1. The van der Waals surface area contributed by atoms with E-state index in [1.54, 1.807) is 0 Å². The Balaban J connectivity index is 2.80. The van der Waals surface area contributed by atoms with E-state index in [2.05, 4.69) is 9.68 Å². The molecule has 19 heavy (non-hydrogen) atoms. The van der Waals surface area contributed by atoms with Gasteiger partial charge in [0, 0.05) is 6.07 Å². The van der Waals surface area contributed by atoms with Crippen LogP contribution in [0.5, 0.6) is 0 Å². The van der Waals surface area contributed by atoms with E-state index < -0.39 is 30.3 Å². The van der Waals surface area contributed by atoms with E-state index in [4.69, 9.17) is 10.2 Å². The number of alkyl halides is 3. The lowest BCUT2D eigenvalue weighted by molar-refractivity contribution is -0.222. The third-order valence-corrected chi connectivity index (χ3v) is 2.38. The molecule has 0 aliphatic carbocycles. The molecule has 3 N–H and O–H groups in total. The van der Waals surface area contributed by atoms with Gasteiger partial charge in [-0.05, 0) is 13.8 Å². The number of rotatable bonds is 4. The minimum Gasteiger partial charge on any atom is -0.388 e. The van der Waals surface area contributed by atoms with Crippen molar-refractivity contribution in [2.45, 2.75) is 38.3 Å². The Kier molecular flexibility index (Phi) is 4.21. The summed E-state index contributed by atoms with van der Waals surface area (Å²) in [7, 11) is 0. The number of hydrogen-bond donors (Lipinski definition) is 3. The van der Waals surface area contributed by atoms with E-state index in [9.17, 15) is 18.0 Å². The maximum atomic E-state index is 12.4. The number of nitrogens with one attached hydrogen (secondary N) is 1. The highest BCUT2D eigenvalue weighted by atomic mass is 19.4. The van der Waals surface area contributed by atoms with Crippen molar-refractivity contribution >= 4 is 5.91 Å². The van der Waals surface area contributed by atoms with E-state index in [1.165, 1.54) is 0 Å². The lowest BCUT2D eigenvalue weighted by Gasteiger charge is -2.32. The molecule has 0 bridgehead atoms. The molecule has 1 unspecified atom stereocenters. The maximum absolute atomic E-state index is 12.4. The van der Waals surface area contributed by atoms with Gasteiger partial charge in [-0.3, -0.25) is 4.79 Å². The van der Waals surface area contributed by atoms with Crippen LogP contribution in [0.2, 0.25) is 0 Å². The third kappa shape index (κ3) is 3.67. The van der Waals surface area contributed by atoms with Crippen LogP contribution in [0.15, 0.2) is 10.6 Å². The van der Waals surface area contributed by atoms with Crippen LogP contribution < -0.4 is 5.32 Å². The molecule has 1 rings (SSSR count). The van der Waals surface area contributed by atoms with Gasteiger partial charge in [-0.15, -0.1) is 0 Å². The zero-order chi connectivity index (χ0) is 14.8. The van der Waals surface area contributed by atoms with E-state index in [0.29, 0.717) is 0 Å². The van der Waals surface area contributed by atoms with E-state index in [1.807, 2.05) is 5.32 Å². The zero-order valence-electron chi connectivity index (χ0n) is 10.2. The number of aliphatic hydroxyl groups excluding tert-OH is 2. The molecule has 108 valence electrons. The molecule has 0 aliphatic rings. The molecule has 0 saturated carbocycles. The Morgan fingerprint density at radius 2 is 2.11 bits per heavy atom. The van der Waals surface area contributed by atoms with Gasteiger partial charge in [0.2, 0.25) is 0 Å². The van der Waals surface area contributed by atoms with Crippen LogP contribution in [0, 0.1) is 0 Å². The highest BCUT2D eigenvalue weighted by Crippen LogP contribution is 2.28. The summed E-state index contributed by atoms with van der Waals surface area (Å²) in [6.45, 7) is 1.56. The van der Waals surface area contributed by atoms with Gasteiger partial charge in [0.05, 0.1) is 5.54 Å². The number of carbonyl (C=O) groups is 1. The monoisotopic (exact) mass is 282 g/mol. The van der Waals surface area contributed by atoms with E-state index in [-0.39, 0.29) is 11.5 Å². The normalized spacial score (nSPS) is 14.3. The number of aliphatic hydroxyl groups is 2. The number of nitrogens with zero attached hydrogens (tertiary/aromatic N) is 1. The number of amides is 1. The summed E-state index contributed by atoms with van der Waals surface area (Å²) in [5, 5.41) is 23.1. The van der Waals surface area contributed by atoms with Crippen LogP contribution in [0.1, 0.15) is 30.1 Å². The Labute approximate surface area is 106 Å². The molecular formula is C10H13F3N2O4. The molecule has 0 saturated heterocycles. The molecule has 0 aromatic carbocycles. The van der Waals surface area contributed by atoms with E-state index >= 15 is 0 Å². The fraction of sp³-hybridized carbons (Fsp3) is 0.600. The molecule has 1 aromatic heterocycles. The van der Waals surface area contributed by atoms with Gasteiger partial charge in [-0.25, -0.2) is 0 Å². The van der Waals surface area contributed by atoms with Crippen molar-refractivity contribution < 1.29 is 32.7 Å². The summed E-state index contributed by atoms with van der Waals surface area (Å²) in [4.78, 5) is 11.6. The molecule has 1 amide bonds. The second-order valence-electron chi connectivity index (χ2n) is 4.46. The Hall–Kier alpha value is -1.61. The summed E-state index contributed by atoms with van der Waals surface area (Å²) in [5.41, 5.74) is -2.22. The van der Waals surface area contributed by atoms with Gasteiger partial charge >= 0.3 is 6.18 Å². The van der Waals surface area contributed by atoms with Crippen LogP contribution in [0.3, 0.4) is 0 Å². The topological polar surface area (TPSA) is 95.6 Å². The number of hydrogen-bond acceptors (Lipinski definition) is 5. The van der Waals surface area contributed by atoms with Gasteiger partial charge < -0.3 is 20.1 Å². The Bertz CT molecular complexity index is 456. The van der Waals surface area contributed by atoms with Gasteiger partial charge in [0.1, 0.15) is 6.61 Å². The molecule has 0 radical (unpaired) electrons. The second-order valence-corrected chi connectivity index (χ2v) is 4.46. The molecular weight excluding hydrogens is 269 g/mol. The van der Waals surface area contributed by atoms with Crippen molar-refractivity contribution in [2.75, 3.05) is 0 Å². The first-order valence-electron chi connectivity index (χ1n) is 5.21. The summed E-state index contributed by atoms with van der Waals surface area (Å²) in [6, 6.07) is 1.09. The summed E-state index contributed by atoms with van der Waals surface area (Å²) < 4.78 is 41.7. The summed E-state index contributed by atoms with van der Waals surface area (Å²) >= 11 is 0. The zero-order valence-corrected chi connectivity index (χ0v) is 10.2. The summed E-state index contributed by atoms with van der Waals surface area (Å²) in [5.74, 6) is -0.948. The molecule has 0 spiro atoms. The Morgan fingerprint density at radius 3 is 2.53 bits per heavy atom. The lowest BCUT2D eigenvalue weighted by Crippen LogP contribution is -2.57. The van der Waals surface area contributed by atoms with E-state index in [0.717, 1.165) is 19.9 Å². The SMILES string of the molecule is CC(C)(NC(=O)c1cc(CO)on1)C(O)C(F)(F)F. The van der Waals surface area contributed by atoms with Crippen LogP contribution in [0.4, 0.5) is 13.2 Å². The maximum Gasteiger partial charge on any atom is 0.416 e. The highest BCUT2D eigenvalue weighted by Gasteiger charge is 2.48. The number of halogens is 3. The lowest BCUT2D eigenvalue weighted by atomic mass is 9.96. The first-order chi connectivity index (χ1) is 8.58. The highest BCUT2D eigenvalue weighted by molar-refractivity contribution is 5.92. The van der Waals surface area contributed by atoms with Crippen molar-refractivity contribution in [3.63, 3.8) is 0 Å². The molecule has 0 fully saturated rings. The van der Waals surface area contributed by atoms with Crippen LogP contribution in [0.25, 0.3) is 0 Å². The largest absolute Gasteiger partial charge is 0.416 e. The predicted octanol–water partition coefficient (Wildman–Crippen LogP) is 0.598. The second kappa shape index (κ2) is 5.17. The van der Waals surface area contributed by atoms with Crippen molar-refractivity contribution in [3.8, 4) is 0 Å². The minimum atomic E-state index is -4.86. The molecule has 0 aliphatic heterocycles.